The van der Waals surface area contributed by atoms with Crippen LogP contribution >= 0.6 is 11.9 Å². The van der Waals surface area contributed by atoms with Crippen LogP contribution < -0.4 is 0 Å². The minimum absolute atomic E-state index is 0. The summed E-state index contributed by atoms with van der Waals surface area (Å²) in [5.74, 6) is 0. The molecule has 20 valence electrons. The molecule has 0 fully saturated rings. The van der Waals surface area contributed by atoms with Crippen molar-refractivity contribution >= 4 is 34.9 Å². The quantitative estimate of drug-likeness (QED) is 0.392. The molecule has 0 rings (SSSR count). The number of rotatable bonds is 0. The van der Waals surface area contributed by atoms with E-state index in [9.17, 15) is 0 Å². The van der Waals surface area contributed by atoms with Crippen molar-refractivity contribution in [3.05, 3.63) is 0 Å². The molecule has 0 atom stereocenters. The summed E-state index contributed by atoms with van der Waals surface area (Å²) in [4.78, 5) is 0. The molecule has 0 aromatic heterocycles. The van der Waals surface area contributed by atoms with Gasteiger partial charge in [0.25, 0.3) is 0 Å². The summed E-state index contributed by atoms with van der Waals surface area (Å²) in [6, 6.07) is 0. The maximum absolute atomic E-state index is 4.50. The Morgan fingerprint density at radius 2 is 1.75 bits per heavy atom. The van der Waals surface area contributed by atoms with Gasteiger partial charge in [0.2, 0.25) is 0 Å². The Morgan fingerprint density at radius 3 is 1.75 bits per heavy atom. The first-order chi connectivity index (χ1) is 1.41. The van der Waals surface area contributed by atoms with E-state index in [1.54, 1.807) is 0 Å². The average molecular weight is 90.8 g/mol. The van der Waals surface area contributed by atoms with Crippen LogP contribution in [0.2, 0.25) is 0 Å². The summed E-state index contributed by atoms with van der Waals surface area (Å²) in [7, 11) is 1.39. The summed E-state index contributed by atoms with van der Waals surface area (Å²) < 4.78 is 3.72. The van der Waals surface area contributed by atoms with E-state index in [4.69, 9.17) is 0 Å². The zero-order valence-corrected chi connectivity index (χ0v) is 4.66. The second kappa shape index (κ2) is 8.99. The van der Waals surface area contributed by atoms with Crippen LogP contribution in [0.15, 0.2) is 0 Å². The smallest absolute Gasteiger partial charge is 0.283 e. The van der Waals surface area contributed by atoms with Gasteiger partial charge in [0.05, 0.1) is 19.0 Å². The van der Waals surface area contributed by atoms with Crippen molar-refractivity contribution < 1.29 is 4.29 Å². The molecule has 1 nitrogen and oxygen atoms in total. The van der Waals surface area contributed by atoms with Gasteiger partial charge < -0.3 is 0 Å². The average Bonchev–Trinajstić information content (AvgIpc) is 0.918. The van der Waals surface area contributed by atoms with Crippen LogP contribution in [0, 0.1) is 0 Å². The van der Waals surface area contributed by atoms with Crippen LogP contribution in [-0.2, 0) is 4.29 Å². The van der Waals surface area contributed by atoms with Gasteiger partial charge >= 0.3 is 23.1 Å². The van der Waals surface area contributed by atoms with Gasteiger partial charge in [0, 0.05) is 0 Å². The van der Waals surface area contributed by atoms with Crippen LogP contribution in [0.5, 0.6) is 0 Å². The zero-order chi connectivity index (χ0) is 2.71. The van der Waals surface area contributed by atoms with Gasteiger partial charge in [0.1, 0.15) is 0 Å². The Labute approximate surface area is 46.6 Å². The van der Waals surface area contributed by atoms with Crippen LogP contribution in [0.1, 0.15) is 0 Å². The first-order valence-electron chi connectivity index (χ1n) is 0.563. The molecule has 0 aliphatic rings. The van der Waals surface area contributed by atoms with Gasteiger partial charge in [-0.3, -0.25) is 4.29 Å². The predicted octanol–water partition coefficient (Wildman–Crippen LogP) is 0.406. The molecule has 0 aliphatic carbocycles. The normalized spacial score (nSPS) is 4.50. The molecule has 0 radical (unpaired) electrons. The molecule has 4 heavy (non-hydrogen) atoms. The van der Waals surface area contributed by atoms with Gasteiger partial charge in [-0.15, -0.1) is 0 Å². The number of halogens is 1. The Balaban J connectivity index is 0. The van der Waals surface area contributed by atoms with E-state index in [0.717, 1.165) is 0 Å². The standard InChI is InChI=1S/CH3ClO.Mg/c1-3-2;/h1H3;/q;+2. The zero-order valence-electron chi connectivity index (χ0n) is 2.49. The molecule has 0 amide bonds. The predicted molar refractivity (Wildman–Crippen MR) is 18.6 cm³/mol. The molecular formula is CH3ClMgO+2. The minimum atomic E-state index is 0. The molecule has 3 heteroatoms. The van der Waals surface area contributed by atoms with E-state index < -0.39 is 0 Å². The third-order valence-electron chi connectivity index (χ3n) is 0. The molecule has 0 N–H and O–H groups in total. The van der Waals surface area contributed by atoms with Crippen LogP contribution in [0.4, 0.5) is 0 Å². The minimum Gasteiger partial charge on any atom is -0.283 e. The largest absolute Gasteiger partial charge is 2.00 e. The van der Waals surface area contributed by atoms with Gasteiger partial charge in [-0.25, -0.2) is 0 Å². The third-order valence-corrected chi connectivity index (χ3v) is 0. The second-order valence-corrected chi connectivity index (χ2v) is 0.463. The summed E-state index contributed by atoms with van der Waals surface area (Å²) >= 11 is 4.50. The molecule has 0 aliphatic heterocycles. The molecule has 0 aromatic rings. The monoisotopic (exact) mass is 90.0 g/mol. The molecule has 0 bridgehead atoms. The third kappa shape index (κ3) is 11.9. The maximum atomic E-state index is 4.50. The van der Waals surface area contributed by atoms with Gasteiger partial charge in [-0.05, 0) is 0 Å². The fraction of sp³-hybridized carbons (Fsp3) is 1.00. The van der Waals surface area contributed by atoms with Crippen molar-refractivity contribution in [3.8, 4) is 0 Å². The SMILES string of the molecule is COCl.[Mg+2]. The first kappa shape index (κ1) is 8.89. The van der Waals surface area contributed by atoms with E-state index >= 15 is 0 Å². The fourth-order valence-corrected chi connectivity index (χ4v) is 0. The topological polar surface area (TPSA) is 9.23 Å². The van der Waals surface area contributed by atoms with Crippen LogP contribution in [0.25, 0.3) is 0 Å². The second-order valence-electron chi connectivity index (χ2n) is 0.154. The fourth-order valence-electron chi connectivity index (χ4n) is 0. The van der Waals surface area contributed by atoms with Crippen molar-refractivity contribution in [3.63, 3.8) is 0 Å². The Kier molecular flexibility index (Phi) is 20.0. The maximum Gasteiger partial charge on any atom is 2.00 e. The van der Waals surface area contributed by atoms with E-state index in [2.05, 4.69) is 16.2 Å². The first-order valence-corrected chi connectivity index (χ1v) is 0.871. The van der Waals surface area contributed by atoms with Crippen molar-refractivity contribution in [1.82, 2.24) is 0 Å². The van der Waals surface area contributed by atoms with Crippen LogP contribution in [0.3, 0.4) is 0 Å². The van der Waals surface area contributed by atoms with Crippen molar-refractivity contribution in [2.45, 2.75) is 0 Å². The van der Waals surface area contributed by atoms with Gasteiger partial charge in [-0.2, -0.15) is 0 Å². The van der Waals surface area contributed by atoms with Crippen molar-refractivity contribution in [2.75, 3.05) is 7.11 Å². The molecule has 0 unspecified atom stereocenters. The number of hydrogen-bond donors (Lipinski definition) is 0. The van der Waals surface area contributed by atoms with E-state index in [1.165, 1.54) is 7.11 Å². The summed E-state index contributed by atoms with van der Waals surface area (Å²) in [5.41, 5.74) is 0. The van der Waals surface area contributed by atoms with Gasteiger partial charge in [0.15, 0.2) is 0 Å². The molecule has 0 spiro atoms. The molecule has 0 aromatic carbocycles. The molecule has 0 saturated heterocycles. The summed E-state index contributed by atoms with van der Waals surface area (Å²) in [5, 5.41) is 0. The molecular weight excluding hydrogens is 87.8 g/mol. The van der Waals surface area contributed by atoms with E-state index in [0.29, 0.717) is 0 Å². The van der Waals surface area contributed by atoms with Crippen LogP contribution in [-0.4, -0.2) is 30.2 Å². The van der Waals surface area contributed by atoms with E-state index in [-0.39, 0.29) is 23.1 Å². The Morgan fingerprint density at radius 1 is 1.75 bits per heavy atom. The Bertz CT molecular complexity index is 8.00. The molecule has 0 saturated carbocycles. The molecule has 0 heterocycles. The van der Waals surface area contributed by atoms with Crippen molar-refractivity contribution in [1.29, 1.82) is 0 Å². The Hall–Kier alpha value is 1.02. The number of hydrogen-bond acceptors (Lipinski definition) is 1. The summed E-state index contributed by atoms with van der Waals surface area (Å²) in [6.07, 6.45) is 0. The van der Waals surface area contributed by atoms with Gasteiger partial charge in [-0.1, -0.05) is 0 Å². The van der Waals surface area contributed by atoms with E-state index in [1.807, 2.05) is 0 Å². The van der Waals surface area contributed by atoms with Crippen molar-refractivity contribution in [2.24, 2.45) is 0 Å². The summed E-state index contributed by atoms with van der Waals surface area (Å²) in [6.45, 7) is 0.